The van der Waals surface area contributed by atoms with E-state index >= 15 is 0 Å². The summed E-state index contributed by atoms with van der Waals surface area (Å²) >= 11 is 0. The van der Waals surface area contributed by atoms with Crippen molar-refractivity contribution < 1.29 is 19.1 Å². The molecule has 0 saturated heterocycles. The monoisotopic (exact) mass is 398 g/mol. The zero-order valence-electron chi connectivity index (χ0n) is 16.8. The fraction of sp³-hybridized carbons (Fsp3) is 0.429. The van der Waals surface area contributed by atoms with E-state index in [1.807, 2.05) is 12.1 Å². The summed E-state index contributed by atoms with van der Waals surface area (Å²) in [4.78, 5) is 33.9. The van der Waals surface area contributed by atoms with Crippen LogP contribution in [0.15, 0.2) is 36.8 Å². The standard InChI is InChI=1S/C21H26N4O4/c1-3-28-21(27)12-25(2)8-4-5-20(26)24-18-9-16-11-22-14-23-17(16)10-19(18)29-13-15-6-7-15/h4-5,9-11,14-15H,3,6-8,12-13H2,1-2H3,(H,24,26). The summed E-state index contributed by atoms with van der Waals surface area (Å²) in [6.45, 7) is 3.37. The van der Waals surface area contributed by atoms with Gasteiger partial charge in [0.25, 0.3) is 0 Å². The average molecular weight is 398 g/mol. The number of anilines is 1. The van der Waals surface area contributed by atoms with E-state index in [9.17, 15) is 9.59 Å². The topological polar surface area (TPSA) is 93.7 Å². The van der Waals surface area contributed by atoms with Crippen LogP contribution in [0, 0.1) is 5.92 Å². The van der Waals surface area contributed by atoms with Crippen molar-refractivity contribution >= 4 is 28.5 Å². The number of amides is 1. The van der Waals surface area contributed by atoms with E-state index in [-0.39, 0.29) is 18.4 Å². The van der Waals surface area contributed by atoms with E-state index in [1.54, 1.807) is 31.1 Å². The summed E-state index contributed by atoms with van der Waals surface area (Å²) in [6, 6.07) is 3.64. The second kappa shape index (κ2) is 9.97. The van der Waals surface area contributed by atoms with Crippen molar-refractivity contribution in [1.82, 2.24) is 14.9 Å². The summed E-state index contributed by atoms with van der Waals surface area (Å²) in [5.41, 5.74) is 1.35. The molecule has 0 spiro atoms. The molecule has 0 unspecified atom stereocenters. The third kappa shape index (κ3) is 6.53. The Labute approximate surface area is 169 Å². The molecule has 29 heavy (non-hydrogen) atoms. The first-order chi connectivity index (χ1) is 14.0. The number of likely N-dealkylation sites (N-methyl/N-ethyl adjacent to an activating group) is 1. The summed E-state index contributed by atoms with van der Waals surface area (Å²) in [5.74, 6) is 0.629. The average Bonchev–Trinajstić information content (AvgIpc) is 3.51. The van der Waals surface area contributed by atoms with Gasteiger partial charge < -0.3 is 14.8 Å². The van der Waals surface area contributed by atoms with Crippen molar-refractivity contribution in [2.75, 3.05) is 38.7 Å². The largest absolute Gasteiger partial charge is 0.491 e. The number of nitrogens with one attached hydrogen (secondary N) is 1. The number of carbonyl (C=O) groups excluding carboxylic acids is 2. The predicted molar refractivity (Wildman–Crippen MR) is 110 cm³/mol. The fourth-order valence-corrected chi connectivity index (χ4v) is 2.73. The normalized spacial score (nSPS) is 13.8. The molecule has 8 heteroatoms. The minimum Gasteiger partial charge on any atom is -0.491 e. The highest BCUT2D eigenvalue weighted by atomic mass is 16.5. The molecule has 2 aromatic rings. The van der Waals surface area contributed by atoms with Gasteiger partial charge in [0.2, 0.25) is 5.91 Å². The number of esters is 1. The smallest absolute Gasteiger partial charge is 0.320 e. The van der Waals surface area contributed by atoms with Crippen LogP contribution in [0.1, 0.15) is 19.8 Å². The first kappa shape index (κ1) is 20.7. The number of benzene rings is 1. The lowest BCUT2D eigenvalue weighted by Gasteiger charge is -2.13. The van der Waals surface area contributed by atoms with E-state index in [0.717, 1.165) is 10.9 Å². The third-order valence-corrected chi connectivity index (χ3v) is 4.43. The van der Waals surface area contributed by atoms with Crippen LogP contribution in [0.5, 0.6) is 5.75 Å². The Balaban J connectivity index is 1.62. The number of fused-ring (bicyclic) bond motifs is 1. The Morgan fingerprint density at radius 1 is 1.34 bits per heavy atom. The first-order valence-electron chi connectivity index (χ1n) is 9.73. The summed E-state index contributed by atoms with van der Waals surface area (Å²) in [6.07, 6.45) is 8.68. The van der Waals surface area contributed by atoms with E-state index in [2.05, 4.69) is 15.3 Å². The first-order valence-corrected chi connectivity index (χ1v) is 9.73. The fourth-order valence-electron chi connectivity index (χ4n) is 2.73. The SMILES string of the molecule is CCOC(=O)CN(C)CC=CC(=O)Nc1cc2cncnc2cc1OCC1CC1. The second-order valence-corrected chi connectivity index (χ2v) is 7.08. The van der Waals surface area contributed by atoms with Crippen LogP contribution < -0.4 is 10.1 Å². The maximum Gasteiger partial charge on any atom is 0.320 e. The Kier molecular flexibility index (Phi) is 7.13. The van der Waals surface area contributed by atoms with Crippen LogP contribution in [-0.4, -0.2) is 60.1 Å². The van der Waals surface area contributed by atoms with Gasteiger partial charge in [0, 0.05) is 30.3 Å². The van der Waals surface area contributed by atoms with Crippen molar-refractivity contribution in [3.05, 3.63) is 36.8 Å². The molecule has 1 aromatic carbocycles. The minimum absolute atomic E-state index is 0.170. The maximum absolute atomic E-state index is 12.4. The zero-order valence-corrected chi connectivity index (χ0v) is 16.8. The van der Waals surface area contributed by atoms with Crippen molar-refractivity contribution in [3.8, 4) is 5.75 Å². The molecule has 1 heterocycles. The van der Waals surface area contributed by atoms with E-state index in [1.165, 1.54) is 25.2 Å². The van der Waals surface area contributed by atoms with Crippen LogP contribution >= 0.6 is 0 Å². The summed E-state index contributed by atoms with van der Waals surface area (Å²) < 4.78 is 10.8. The van der Waals surface area contributed by atoms with E-state index in [4.69, 9.17) is 9.47 Å². The number of aromatic nitrogens is 2. The molecular formula is C21H26N4O4. The van der Waals surface area contributed by atoms with Crippen molar-refractivity contribution in [1.29, 1.82) is 0 Å². The Morgan fingerprint density at radius 2 is 2.17 bits per heavy atom. The van der Waals surface area contributed by atoms with Crippen LogP contribution in [0.2, 0.25) is 0 Å². The molecule has 1 amide bonds. The number of rotatable bonds is 10. The van der Waals surface area contributed by atoms with E-state index < -0.39 is 0 Å². The molecule has 0 radical (unpaired) electrons. The highest BCUT2D eigenvalue weighted by molar-refractivity contribution is 6.02. The van der Waals surface area contributed by atoms with Gasteiger partial charge in [-0.3, -0.25) is 14.5 Å². The molecular weight excluding hydrogens is 372 g/mol. The minimum atomic E-state index is -0.288. The highest BCUT2D eigenvalue weighted by Gasteiger charge is 2.22. The Morgan fingerprint density at radius 3 is 2.93 bits per heavy atom. The summed E-state index contributed by atoms with van der Waals surface area (Å²) in [5, 5.41) is 3.68. The molecule has 0 bridgehead atoms. The molecule has 0 aliphatic heterocycles. The van der Waals surface area contributed by atoms with Crippen LogP contribution in [0.25, 0.3) is 10.9 Å². The van der Waals surface area contributed by atoms with Crippen molar-refractivity contribution in [2.45, 2.75) is 19.8 Å². The van der Waals surface area contributed by atoms with Gasteiger partial charge in [-0.15, -0.1) is 0 Å². The highest BCUT2D eigenvalue weighted by Crippen LogP contribution is 2.33. The Bertz CT molecular complexity index is 895. The van der Waals surface area contributed by atoms with Gasteiger partial charge in [0.15, 0.2) is 0 Å². The lowest BCUT2D eigenvalue weighted by atomic mass is 10.2. The van der Waals surface area contributed by atoms with Crippen molar-refractivity contribution in [2.24, 2.45) is 5.92 Å². The number of ether oxygens (including phenoxy) is 2. The third-order valence-electron chi connectivity index (χ3n) is 4.43. The molecule has 8 nitrogen and oxygen atoms in total. The molecule has 1 fully saturated rings. The van der Waals surface area contributed by atoms with Gasteiger partial charge in [0.05, 0.1) is 31.0 Å². The quantitative estimate of drug-likeness (QED) is 0.485. The van der Waals surface area contributed by atoms with Gasteiger partial charge in [-0.2, -0.15) is 0 Å². The van der Waals surface area contributed by atoms with Gasteiger partial charge in [-0.1, -0.05) is 6.08 Å². The van der Waals surface area contributed by atoms with Gasteiger partial charge >= 0.3 is 5.97 Å². The number of hydrogen-bond acceptors (Lipinski definition) is 7. The van der Waals surface area contributed by atoms with Crippen LogP contribution in [0.3, 0.4) is 0 Å². The predicted octanol–water partition coefficient (Wildman–Crippen LogP) is 2.41. The maximum atomic E-state index is 12.4. The van der Waals surface area contributed by atoms with Crippen LogP contribution in [-0.2, 0) is 14.3 Å². The molecule has 1 aromatic heterocycles. The summed E-state index contributed by atoms with van der Waals surface area (Å²) in [7, 11) is 1.78. The van der Waals surface area contributed by atoms with Gasteiger partial charge in [-0.05, 0) is 38.8 Å². The molecule has 3 rings (SSSR count). The van der Waals surface area contributed by atoms with Gasteiger partial charge in [0.1, 0.15) is 12.1 Å². The zero-order chi connectivity index (χ0) is 20.6. The molecule has 154 valence electrons. The molecule has 0 atom stereocenters. The molecule has 1 aliphatic rings. The van der Waals surface area contributed by atoms with Crippen LogP contribution in [0.4, 0.5) is 5.69 Å². The second-order valence-electron chi connectivity index (χ2n) is 7.08. The van der Waals surface area contributed by atoms with Crippen molar-refractivity contribution in [3.63, 3.8) is 0 Å². The Hall–Kier alpha value is -3.00. The number of carbonyl (C=O) groups is 2. The molecule has 1 aliphatic carbocycles. The van der Waals surface area contributed by atoms with E-state index in [0.29, 0.717) is 37.1 Å². The number of hydrogen-bond donors (Lipinski definition) is 1. The molecule has 1 N–H and O–H groups in total. The lowest BCUT2D eigenvalue weighted by molar-refractivity contribution is -0.143. The molecule has 1 saturated carbocycles. The lowest BCUT2D eigenvalue weighted by Crippen LogP contribution is -2.27. The van der Waals surface area contributed by atoms with Gasteiger partial charge in [-0.25, -0.2) is 9.97 Å². The number of nitrogens with zero attached hydrogens (tertiary/aromatic N) is 3.